The molecule has 1 nitrogen and oxygen atoms in total. The molecule has 0 spiro atoms. The van der Waals surface area contributed by atoms with Gasteiger partial charge >= 0.3 is 0 Å². The van der Waals surface area contributed by atoms with Crippen LogP contribution in [0.25, 0.3) is 0 Å². The van der Waals surface area contributed by atoms with Gasteiger partial charge in [0.1, 0.15) is 0 Å². The monoisotopic (exact) mass is 223 g/mol. The van der Waals surface area contributed by atoms with Crippen molar-refractivity contribution in [3.05, 3.63) is 22.4 Å². The van der Waals surface area contributed by atoms with Gasteiger partial charge in [0, 0.05) is 16.8 Å². The topological polar surface area (TPSA) is 12.0 Å². The second kappa shape index (κ2) is 4.67. The molecule has 0 aromatic carbocycles. The van der Waals surface area contributed by atoms with E-state index in [2.05, 4.69) is 36.7 Å². The van der Waals surface area contributed by atoms with Crippen molar-refractivity contribution in [1.29, 1.82) is 0 Å². The van der Waals surface area contributed by atoms with Crippen molar-refractivity contribution in [3.63, 3.8) is 0 Å². The maximum atomic E-state index is 3.60. The molecule has 1 aromatic heterocycles. The largest absolute Gasteiger partial charge is 0.316 e. The first-order valence-corrected chi connectivity index (χ1v) is 6.96. The molecule has 1 fully saturated rings. The number of nitrogens with one attached hydrogen (secondary N) is 1. The van der Waals surface area contributed by atoms with Crippen LogP contribution in [0.5, 0.6) is 0 Å². The van der Waals surface area contributed by atoms with Crippen LogP contribution in [0, 0.1) is 5.92 Å². The molecule has 0 radical (unpaired) electrons. The Morgan fingerprint density at radius 1 is 1.53 bits per heavy atom. The number of thiophene rings is 1. The molecule has 1 saturated carbocycles. The molecule has 0 bridgehead atoms. The minimum Gasteiger partial charge on any atom is -0.316 e. The molecule has 0 saturated heterocycles. The van der Waals surface area contributed by atoms with Gasteiger partial charge in [0.15, 0.2) is 0 Å². The van der Waals surface area contributed by atoms with Gasteiger partial charge in [0.2, 0.25) is 0 Å². The van der Waals surface area contributed by atoms with Crippen molar-refractivity contribution < 1.29 is 0 Å². The maximum absolute atomic E-state index is 3.60. The van der Waals surface area contributed by atoms with Gasteiger partial charge in [0.05, 0.1) is 0 Å². The fraction of sp³-hybridized carbons (Fsp3) is 0.692. The number of hydrogen-bond donors (Lipinski definition) is 1. The van der Waals surface area contributed by atoms with Gasteiger partial charge in [0.25, 0.3) is 0 Å². The van der Waals surface area contributed by atoms with Crippen molar-refractivity contribution >= 4 is 11.3 Å². The fourth-order valence-electron chi connectivity index (χ4n) is 2.57. The summed E-state index contributed by atoms with van der Waals surface area (Å²) in [5, 5.41) is 5.81. The van der Waals surface area contributed by atoms with Gasteiger partial charge < -0.3 is 5.32 Å². The van der Waals surface area contributed by atoms with Crippen molar-refractivity contribution in [3.8, 4) is 0 Å². The van der Waals surface area contributed by atoms with Crippen LogP contribution in [-0.2, 0) is 5.41 Å². The van der Waals surface area contributed by atoms with Crippen LogP contribution in [0.3, 0.4) is 0 Å². The van der Waals surface area contributed by atoms with E-state index in [1.807, 2.05) is 11.3 Å². The quantitative estimate of drug-likeness (QED) is 0.729. The lowest BCUT2D eigenvalue weighted by Crippen LogP contribution is -2.28. The minimum absolute atomic E-state index is 0.498. The molecule has 1 N–H and O–H groups in total. The van der Waals surface area contributed by atoms with Crippen molar-refractivity contribution in [2.45, 2.75) is 38.5 Å². The van der Waals surface area contributed by atoms with Crippen LogP contribution in [0.1, 0.15) is 38.0 Å². The van der Waals surface area contributed by atoms with Gasteiger partial charge in [-0.1, -0.05) is 26.3 Å². The van der Waals surface area contributed by atoms with Gasteiger partial charge in [-0.05, 0) is 36.8 Å². The van der Waals surface area contributed by atoms with E-state index in [9.17, 15) is 0 Å². The van der Waals surface area contributed by atoms with E-state index in [0.29, 0.717) is 5.41 Å². The summed E-state index contributed by atoms with van der Waals surface area (Å²) >= 11 is 1.93. The molecular weight excluding hydrogens is 202 g/mol. The molecule has 2 rings (SSSR count). The standard InChI is InChI=1S/C13H21NS/c1-3-7-14-10-13(9-11(13)4-2)12-6-5-8-15-12/h5-6,8,11,14H,3-4,7,9-10H2,1-2H3. The van der Waals surface area contributed by atoms with E-state index >= 15 is 0 Å². The first kappa shape index (κ1) is 11.2. The second-order valence-electron chi connectivity index (χ2n) is 4.62. The molecule has 0 aliphatic heterocycles. The lowest BCUT2D eigenvalue weighted by Gasteiger charge is -2.16. The third-order valence-corrected chi connectivity index (χ3v) is 4.69. The molecule has 2 unspecified atom stereocenters. The Morgan fingerprint density at radius 3 is 2.93 bits per heavy atom. The average Bonchev–Trinajstić information content (AvgIpc) is 2.73. The summed E-state index contributed by atoms with van der Waals surface area (Å²) in [4.78, 5) is 1.60. The minimum atomic E-state index is 0.498. The van der Waals surface area contributed by atoms with Gasteiger partial charge in [-0.25, -0.2) is 0 Å². The molecule has 2 atom stereocenters. The SMILES string of the molecule is CCCNCC1(c2cccs2)CC1CC. The zero-order valence-electron chi connectivity index (χ0n) is 9.75. The number of rotatable bonds is 6. The van der Waals surface area contributed by atoms with Crippen molar-refractivity contribution in [1.82, 2.24) is 5.32 Å². The smallest absolute Gasteiger partial charge is 0.0203 e. The zero-order valence-corrected chi connectivity index (χ0v) is 10.6. The van der Waals surface area contributed by atoms with Crippen LogP contribution < -0.4 is 5.32 Å². The van der Waals surface area contributed by atoms with Crippen LogP contribution in [0.4, 0.5) is 0 Å². The van der Waals surface area contributed by atoms with Gasteiger partial charge in [-0.15, -0.1) is 11.3 Å². The predicted molar refractivity (Wildman–Crippen MR) is 67.6 cm³/mol. The van der Waals surface area contributed by atoms with Gasteiger partial charge in [-0.2, -0.15) is 0 Å². The summed E-state index contributed by atoms with van der Waals surface area (Å²) in [5.41, 5.74) is 0.498. The van der Waals surface area contributed by atoms with Crippen LogP contribution in [0.15, 0.2) is 17.5 Å². The summed E-state index contributed by atoms with van der Waals surface area (Å²) < 4.78 is 0. The zero-order chi connectivity index (χ0) is 10.7. The van der Waals surface area contributed by atoms with Crippen molar-refractivity contribution in [2.24, 2.45) is 5.92 Å². The highest BCUT2D eigenvalue weighted by Crippen LogP contribution is 2.56. The van der Waals surface area contributed by atoms with Crippen LogP contribution >= 0.6 is 11.3 Å². The Labute approximate surface area is 96.9 Å². The highest BCUT2D eigenvalue weighted by Gasteiger charge is 2.54. The number of hydrogen-bond acceptors (Lipinski definition) is 2. The van der Waals surface area contributed by atoms with Gasteiger partial charge in [-0.3, -0.25) is 0 Å². The molecule has 1 heterocycles. The summed E-state index contributed by atoms with van der Waals surface area (Å²) in [5.74, 6) is 0.917. The lowest BCUT2D eigenvalue weighted by molar-refractivity contribution is 0.529. The Hall–Kier alpha value is -0.340. The van der Waals surface area contributed by atoms with E-state index in [1.54, 1.807) is 4.88 Å². The molecule has 0 amide bonds. The van der Waals surface area contributed by atoms with E-state index in [4.69, 9.17) is 0 Å². The lowest BCUT2D eigenvalue weighted by atomic mass is 10.00. The van der Waals surface area contributed by atoms with Crippen molar-refractivity contribution in [2.75, 3.05) is 13.1 Å². The first-order valence-electron chi connectivity index (χ1n) is 6.08. The molecule has 2 heteroatoms. The van der Waals surface area contributed by atoms with E-state index < -0.39 is 0 Å². The Bertz CT molecular complexity index is 293. The normalized spacial score (nSPS) is 29.3. The predicted octanol–water partition coefficient (Wildman–Crippen LogP) is 3.42. The summed E-state index contributed by atoms with van der Waals surface area (Å²) in [7, 11) is 0. The molecule has 1 aromatic rings. The van der Waals surface area contributed by atoms with E-state index in [1.165, 1.54) is 25.8 Å². The fourth-order valence-corrected chi connectivity index (χ4v) is 3.59. The molecule has 15 heavy (non-hydrogen) atoms. The molecule has 1 aliphatic carbocycles. The summed E-state index contributed by atoms with van der Waals surface area (Å²) in [6.45, 7) is 6.89. The Balaban J connectivity index is 2.00. The first-order chi connectivity index (χ1) is 7.33. The van der Waals surface area contributed by atoms with E-state index in [0.717, 1.165) is 12.5 Å². The third kappa shape index (κ3) is 2.11. The highest BCUT2D eigenvalue weighted by atomic mass is 32.1. The molecule has 1 aliphatic rings. The average molecular weight is 223 g/mol. The summed E-state index contributed by atoms with van der Waals surface area (Å²) in [6, 6.07) is 4.50. The third-order valence-electron chi connectivity index (χ3n) is 3.60. The van der Waals surface area contributed by atoms with E-state index in [-0.39, 0.29) is 0 Å². The van der Waals surface area contributed by atoms with Crippen LogP contribution in [0.2, 0.25) is 0 Å². The molecular formula is C13H21NS. The second-order valence-corrected chi connectivity index (χ2v) is 5.57. The maximum Gasteiger partial charge on any atom is 0.0203 e. The molecule has 84 valence electrons. The highest BCUT2D eigenvalue weighted by molar-refractivity contribution is 7.10. The summed E-state index contributed by atoms with van der Waals surface area (Å²) in [6.07, 6.45) is 3.95. The van der Waals surface area contributed by atoms with Crippen LogP contribution in [-0.4, -0.2) is 13.1 Å². The Kier molecular flexibility index (Phi) is 3.47. The Morgan fingerprint density at radius 2 is 2.40 bits per heavy atom.